The fourth-order valence-electron chi connectivity index (χ4n) is 3.49. The number of aliphatic hydroxyl groups excluding tert-OH is 2. The summed E-state index contributed by atoms with van der Waals surface area (Å²) in [6.07, 6.45) is 18.7. The number of amides is 1. The Kier molecular flexibility index (Phi) is 19.3. The summed E-state index contributed by atoms with van der Waals surface area (Å²) in [4.78, 5) is 10.8. The van der Waals surface area contributed by atoms with Crippen LogP contribution in [0.4, 0.5) is 4.79 Å². The summed E-state index contributed by atoms with van der Waals surface area (Å²) < 4.78 is 4.86. The van der Waals surface area contributed by atoms with E-state index in [1.165, 1.54) is 83.5 Å². The molecule has 27 heavy (non-hydrogen) atoms. The standard InChI is InChI=1S/C22H45NO4/c1-2-3-4-5-6-7-8-9-10-11-12-13-14-15-16-17-18-21(20(25)19-24)27-22(23)26/h20-21,24-25H,2-19H2,1H3,(H2,23,26). The minimum absolute atomic E-state index is 0.420. The smallest absolute Gasteiger partial charge is 0.404 e. The molecule has 0 bridgehead atoms. The Morgan fingerprint density at radius 1 is 0.778 bits per heavy atom. The van der Waals surface area contributed by atoms with Crippen molar-refractivity contribution < 1.29 is 19.7 Å². The molecule has 4 N–H and O–H groups in total. The van der Waals surface area contributed by atoms with Crippen molar-refractivity contribution in [2.45, 2.75) is 128 Å². The normalized spacial score (nSPS) is 13.4. The van der Waals surface area contributed by atoms with E-state index in [0.717, 1.165) is 19.3 Å². The average Bonchev–Trinajstić information content (AvgIpc) is 2.65. The third-order valence-electron chi connectivity index (χ3n) is 5.23. The predicted molar refractivity (Wildman–Crippen MR) is 112 cm³/mol. The zero-order valence-electron chi connectivity index (χ0n) is 17.7. The molecular weight excluding hydrogens is 342 g/mol. The van der Waals surface area contributed by atoms with Crippen LogP contribution in [0.25, 0.3) is 0 Å². The fraction of sp³-hybridized carbons (Fsp3) is 0.955. The van der Waals surface area contributed by atoms with Crippen molar-refractivity contribution in [3.8, 4) is 0 Å². The third kappa shape index (κ3) is 18.3. The third-order valence-corrected chi connectivity index (χ3v) is 5.23. The maximum atomic E-state index is 10.8. The molecule has 0 aromatic carbocycles. The molecular formula is C22H45NO4. The van der Waals surface area contributed by atoms with Gasteiger partial charge < -0.3 is 20.7 Å². The molecule has 0 saturated carbocycles. The number of primary amides is 1. The summed E-state index contributed by atoms with van der Waals surface area (Å²) in [6, 6.07) is 0. The summed E-state index contributed by atoms with van der Waals surface area (Å²) >= 11 is 0. The van der Waals surface area contributed by atoms with Crippen molar-refractivity contribution in [1.29, 1.82) is 0 Å². The quantitative estimate of drug-likeness (QED) is 0.242. The lowest BCUT2D eigenvalue weighted by Crippen LogP contribution is -2.35. The SMILES string of the molecule is CCCCCCCCCCCCCCCCCCC(OC(N)=O)C(O)CO. The molecule has 0 radical (unpaired) electrons. The van der Waals surface area contributed by atoms with Crippen LogP contribution in [0, 0.1) is 0 Å². The van der Waals surface area contributed by atoms with Crippen LogP contribution in [0.5, 0.6) is 0 Å². The lowest BCUT2D eigenvalue weighted by atomic mass is 10.0. The van der Waals surface area contributed by atoms with Gasteiger partial charge in [-0.05, 0) is 12.8 Å². The first-order chi connectivity index (χ1) is 13.1. The Balaban J connectivity index is 3.33. The maximum absolute atomic E-state index is 10.8. The van der Waals surface area contributed by atoms with Gasteiger partial charge in [-0.25, -0.2) is 4.79 Å². The number of hydrogen-bond acceptors (Lipinski definition) is 4. The van der Waals surface area contributed by atoms with Gasteiger partial charge in [0.2, 0.25) is 0 Å². The van der Waals surface area contributed by atoms with E-state index in [-0.39, 0.29) is 0 Å². The first kappa shape index (κ1) is 26.2. The number of hydrogen-bond donors (Lipinski definition) is 3. The molecule has 0 aliphatic rings. The number of rotatable bonds is 20. The van der Waals surface area contributed by atoms with E-state index in [1.54, 1.807) is 0 Å². The first-order valence-corrected chi connectivity index (χ1v) is 11.4. The lowest BCUT2D eigenvalue weighted by molar-refractivity contribution is -0.0258. The van der Waals surface area contributed by atoms with Gasteiger partial charge in [0, 0.05) is 0 Å². The molecule has 0 aliphatic heterocycles. The van der Waals surface area contributed by atoms with Gasteiger partial charge in [0.05, 0.1) is 6.61 Å². The topological polar surface area (TPSA) is 92.8 Å². The van der Waals surface area contributed by atoms with E-state index >= 15 is 0 Å². The van der Waals surface area contributed by atoms with E-state index in [2.05, 4.69) is 6.92 Å². The van der Waals surface area contributed by atoms with Gasteiger partial charge in [-0.15, -0.1) is 0 Å². The van der Waals surface area contributed by atoms with Gasteiger partial charge in [-0.1, -0.05) is 103 Å². The molecule has 5 nitrogen and oxygen atoms in total. The number of nitrogens with two attached hydrogens (primary N) is 1. The Bertz CT molecular complexity index is 325. The Hall–Kier alpha value is -0.810. The highest BCUT2D eigenvalue weighted by Crippen LogP contribution is 2.15. The molecule has 0 aromatic heterocycles. The molecule has 0 spiro atoms. The molecule has 162 valence electrons. The highest BCUT2D eigenvalue weighted by atomic mass is 16.6. The van der Waals surface area contributed by atoms with Crippen molar-refractivity contribution in [3.63, 3.8) is 0 Å². The molecule has 2 atom stereocenters. The minimum atomic E-state index is -1.05. The van der Waals surface area contributed by atoms with Crippen LogP contribution in [0.2, 0.25) is 0 Å². The summed E-state index contributed by atoms with van der Waals surface area (Å²) in [5.41, 5.74) is 4.99. The van der Waals surface area contributed by atoms with Crippen LogP contribution in [0.3, 0.4) is 0 Å². The highest BCUT2D eigenvalue weighted by molar-refractivity contribution is 5.64. The first-order valence-electron chi connectivity index (χ1n) is 11.4. The number of carbonyl (C=O) groups is 1. The Morgan fingerprint density at radius 3 is 1.48 bits per heavy atom. The van der Waals surface area contributed by atoms with Gasteiger partial charge in [0.25, 0.3) is 0 Å². The molecule has 0 saturated heterocycles. The monoisotopic (exact) mass is 387 g/mol. The fourth-order valence-corrected chi connectivity index (χ4v) is 3.49. The molecule has 2 unspecified atom stereocenters. The summed E-state index contributed by atoms with van der Waals surface area (Å²) in [7, 11) is 0. The number of carbonyl (C=O) groups excluding carboxylic acids is 1. The van der Waals surface area contributed by atoms with Gasteiger partial charge in [-0.3, -0.25) is 0 Å². The predicted octanol–water partition coefficient (Wildman–Crippen LogP) is 5.46. The summed E-state index contributed by atoms with van der Waals surface area (Å²) in [6.45, 7) is 1.85. The van der Waals surface area contributed by atoms with Crippen LogP contribution >= 0.6 is 0 Å². The zero-order valence-corrected chi connectivity index (χ0v) is 17.7. The minimum Gasteiger partial charge on any atom is -0.444 e. The van der Waals surface area contributed by atoms with Gasteiger partial charge in [0.1, 0.15) is 12.2 Å². The van der Waals surface area contributed by atoms with Crippen LogP contribution in [-0.4, -0.2) is 35.1 Å². The van der Waals surface area contributed by atoms with Crippen LogP contribution in [0.15, 0.2) is 0 Å². The van der Waals surface area contributed by atoms with Crippen molar-refractivity contribution in [2.24, 2.45) is 5.73 Å². The number of unbranched alkanes of at least 4 members (excludes halogenated alkanes) is 15. The Morgan fingerprint density at radius 2 is 1.15 bits per heavy atom. The van der Waals surface area contributed by atoms with Crippen molar-refractivity contribution in [1.82, 2.24) is 0 Å². The van der Waals surface area contributed by atoms with Crippen molar-refractivity contribution >= 4 is 6.09 Å². The van der Waals surface area contributed by atoms with Crippen molar-refractivity contribution in [2.75, 3.05) is 6.61 Å². The highest BCUT2D eigenvalue weighted by Gasteiger charge is 2.21. The molecule has 1 amide bonds. The van der Waals surface area contributed by atoms with Crippen molar-refractivity contribution in [3.05, 3.63) is 0 Å². The molecule has 0 rings (SSSR count). The Labute approximate surface area is 167 Å². The number of aliphatic hydroxyl groups is 2. The van der Waals surface area contributed by atoms with E-state index in [4.69, 9.17) is 15.6 Å². The zero-order chi connectivity index (χ0) is 20.2. The second-order valence-electron chi connectivity index (χ2n) is 7.82. The second kappa shape index (κ2) is 19.9. The lowest BCUT2D eigenvalue weighted by Gasteiger charge is -2.20. The van der Waals surface area contributed by atoms with Gasteiger partial charge >= 0.3 is 6.09 Å². The van der Waals surface area contributed by atoms with E-state index in [1.807, 2.05) is 0 Å². The van der Waals surface area contributed by atoms with Crippen LogP contribution in [-0.2, 0) is 4.74 Å². The molecule has 0 heterocycles. The summed E-state index contributed by atoms with van der Waals surface area (Å²) in [5, 5.41) is 18.6. The average molecular weight is 388 g/mol. The largest absolute Gasteiger partial charge is 0.444 e. The number of ether oxygens (including phenoxy) is 1. The van der Waals surface area contributed by atoms with E-state index < -0.39 is 24.9 Å². The summed E-state index contributed by atoms with van der Waals surface area (Å²) in [5.74, 6) is 0. The molecule has 0 aromatic rings. The van der Waals surface area contributed by atoms with Crippen LogP contribution < -0.4 is 5.73 Å². The molecule has 0 fully saturated rings. The van der Waals surface area contributed by atoms with Crippen LogP contribution in [0.1, 0.15) is 116 Å². The molecule has 0 aliphatic carbocycles. The second-order valence-corrected chi connectivity index (χ2v) is 7.82. The maximum Gasteiger partial charge on any atom is 0.404 e. The van der Waals surface area contributed by atoms with E-state index in [9.17, 15) is 9.90 Å². The van der Waals surface area contributed by atoms with E-state index in [0.29, 0.717) is 6.42 Å². The van der Waals surface area contributed by atoms with Gasteiger partial charge in [0.15, 0.2) is 0 Å². The molecule has 5 heteroatoms. The van der Waals surface area contributed by atoms with Gasteiger partial charge in [-0.2, -0.15) is 0 Å².